The molecule has 1 aliphatic rings. The zero-order valence-corrected chi connectivity index (χ0v) is 15.0. The van der Waals surface area contributed by atoms with Crippen molar-refractivity contribution in [1.29, 1.82) is 0 Å². The van der Waals surface area contributed by atoms with Gasteiger partial charge >= 0.3 is 6.18 Å². The molecule has 0 spiro atoms. The van der Waals surface area contributed by atoms with Crippen molar-refractivity contribution in [2.24, 2.45) is 4.99 Å². The van der Waals surface area contributed by atoms with E-state index in [4.69, 9.17) is 0 Å². The summed E-state index contributed by atoms with van der Waals surface area (Å²) in [5.74, 6) is 0.568. The summed E-state index contributed by atoms with van der Waals surface area (Å²) < 4.78 is 37.6. The Morgan fingerprint density at radius 2 is 2.12 bits per heavy atom. The Hall–Kier alpha value is -1.35. The largest absolute Gasteiger partial charge is 0.434 e. The molecule has 136 valence electrons. The highest BCUT2D eigenvalue weighted by atomic mass is 32.1. The van der Waals surface area contributed by atoms with Crippen molar-refractivity contribution >= 4 is 17.3 Å². The van der Waals surface area contributed by atoms with E-state index < -0.39 is 11.9 Å². The smallest absolute Gasteiger partial charge is 0.355 e. The van der Waals surface area contributed by atoms with Crippen LogP contribution < -0.4 is 10.6 Å². The zero-order valence-electron chi connectivity index (χ0n) is 14.2. The lowest BCUT2D eigenvalue weighted by Crippen LogP contribution is -2.43. The molecule has 9 heteroatoms. The number of aliphatic imine (C=N–C) groups is 1. The average molecular weight is 363 g/mol. The van der Waals surface area contributed by atoms with Crippen molar-refractivity contribution in [1.82, 2.24) is 20.5 Å². The molecule has 24 heavy (non-hydrogen) atoms. The number of nitrogens with zero attached hydrogens (tertiary/aromatic N) is 3. The number of hydrogen-bond donors (Lipinski definition) is 2. The number of halogens is 3. The number of alkyl halides is 3. The SMILES string of the molecule is CN=C(NCCN(C(C)C)C1CC1)NCc1nc(C(F)(F)F)cs1. The highest BCUT2D eigenvalue weighted by Gasteiger charge is 2.33. The van der Waals surface area contributed by atoms with Crippen molar-refractivity contribution in [3.05, 3.63) is 16.1 Å². The summed E-state index contributed by atoms with van der Waals surface area (Å²) in [5, 5.41) is 7.61. The van der Waals surface area contributed by atoms with E-state index in [1.165, 1.54) is 12.8 Å². The van der Waals surface area contributed by atoms with Crippen molar-refractivity contribution < 1.29 is 13.2 Å². The van der Waals surface area contributed by atoms with E-state index in [1.54, 1.807) is 7.05 Å². The lowest BCUT2D eigenvalue weighted by atomic mass is 10.3. The maximum atomic E-state index is 12.5. The van der Waals surface area contributed by atoms with Crippen molar-refractivity contribution in [3.63, 3.8) is 0 Å². The van der Waals surface area contributed by atoms with Crippen LogP contribution in [-0.4, -0.2) is 48.1 Å². The minimum atomic E-state index is -4.39. The molecule has 1 heterocycles. The lowest BCUT2D eigenvalue weighted by molar-refractivity contribution is -0.140. The van der Waals surface area contributed by atoms with Crippen molar-refractivity contribution in [2.75, 3.05) is 20.1 Å². The van der Waals surface area contributed by atoms with Gasteiger partial charge in [0.05, 0.1) is 6.54 Å². The van der Waals surface area contributed by atoms with Crippen LogP contribution in [-0.2, 0) is 12.7 Å². The molecule has 1 fully saturated rings. The van der Waals surface area contributed by atoms with Gasteiger partial charge in [0.15, 0.2) is 11.7 Å². The first-order valence-corrected chi connectivity index (χ1v) is 8.91. The molecule has 1 aromatic rings. The summed E-state index contributed by atoms with van der Waals surface area (Å²) in [6.07, 6.45) is -1.87. The topological polar surface area (TPSA) is 52.6 Å². The van der Waals surface area contributed by atoms with Gasteiger partial charge in [-0.05, 0) is 26.7 Å². The van der Waals surface area contributed by atoms with E-state index in [1.807, 2.05) is 0 Å². The number of nitrogens with one attached hydrogen (secondary N) is 2. The second kappa shape index (κ2) is 8.15. The molecule has 1 saturated carbocycles. The molecule has 5 nitrogen and oxygen atoms in total. The van der Waals surface area contributed by atoms with Gasteiger partial charge in [-0.25, -0.2) is 4.98 Å². The van der Waals surface area contributed by atoms with E-state index >= 15 is 0 Å². The number of aromatic nitrogens is 1. The van der Waals surface area contributed by atoms with Crippen LogP contribution in [0.15, 0.2) is 10.4 Å². The molecule has 0 saturated heterocycles. The molecule has 1 aliphatic carbocycles. The quantitative estimate of drug-likeness (QED) is 0.578. The van der Waals surface area contributed by atoms with Gasteiger partial charge in [-0.15, -0.1) is 11.3 Å². The highest BCUT2D eigenvalue weighted by Crippen LogP contribution is 2.30. The number of guanidine groups is 1. The Morgan fingerprint density at radius 3 is 2.62 bits per heavy atom. The molecule has 2 rings (SSSR count). The average Bonchev–Trinajstić information content (AvgIpc) is 3.21. The summed E-state index contributed by atoms with van der Waals surface area (Å²) in [7, 11) is 1.64. The Kier molecular flexibility index (Phi) is 6.45. The standard InChI is InChI=1S/C15H24F3N5S/c1-10(2)23(11-4-5-11)7-6-20-14(19-3)21-8-13-22-12(9-24-13)15(16,17)18/h9-11H,4-8H2,1-3H3,(H2,19,20,21). The van der Waals surface area contributed by atoms with Crippen LogP contribution in [0, 0.1) is 0 Å². The Labute approximate surface area is 144 Å². The van der Waals surface area contributed by atoms with E-state index in [0.29, 0.717) is 23.1 Å². The fourth-order valence-corrected chi connectivity index (χ4v) is 3.21. The second-order valence-electron chi connectivity index (χ2n) is 6.04. The number of thiazole rings is 1. The Balaban J connectivity index is 1.75. The van der Waals surface area contributed by atoms with Gasteiger partial charge in [-0.1, -0.05) is 0 Å². The van der Waals surface area contributed by atoms with Crippen LogP contribution in [0.4, 0.5) is 13.2 Å². The van der Waals surface area contributed by atoms with Gasteiger partial charge in [-0.2, -0.15) is 13.2 Å². The first-order chi connectivity index (χ1) is 11.3. The molecular weight excluding hydrogens is 339 g/mol. The first-order valence-electron chi connectivity index (χ1n) is 8.03. The summed E-state index contributed by atoms with van der Waals surface area (Å²) in [6, 6.07) is 1.20. The molecule has 0 atom stereocenters. The maximum Gasteiger partial charge on any atom is 0.434 e. The third kappa shape index (κ3) is 5.62. The molecule has 0 radical (unpaired) electrons. The van der Waals surface area contributed by atoms with Crippen LogP contribution in [0.3, 0.4) is 0 Å². The van der Waals surface area contributed by atoms with E-state index in [9.17, 15) is 13.2 Å². The molecule has 0 amide bonds. The van der Waals surface area contributed by atoms with E-state index in [0.717, 1.165) is 29.8 Å². The van der Waals surface area contributed by atoms with Gasteiger partial charge in [0.2, 0.25) is 0 Å². The normalized spacial score (nSPS) is 16.1. The molecule has 1 aromatic heterocycles. The fourth-order valence-electron chi connectivity index (χ4n) is 2.47. The lowest BCUT2D eigenvalue weighted by Gasteiger charge is -2.26. The van der Waals surface area contributed by atoms with Crippen LogP contribution >= 0.6 is 11.3 Å². The first kappa shape index (κ1) is 19.0. The van der Waals surface area contributed by atoms with Crippen LogP contribution in [0.5, 0.6) is 0 Å². The van der Waals surface area contributed by atoms with Gasteiger partial charge in [0, 0.05) is 37.6 Å². The third-order valence-corrected chi connectivity index (χ3v) is 4.66. The van der Waals surface area contributed by atoms with Crippen LogP contribution in [0.25, 0.3) is 0 Å². The van der Waals surface area contributed by atoms with Crippen LogP contribution in [0.2, 0.25) is 0 Å². The van der Waals surface area contributed by atoms with Crippen LogP contribution in [0.1, 0.15) is 37.4 Å². The summed E-state index contributed by atoms with van der Waals surface area (Å²) in [6.45, 7) is 6.24. The third-order valence-electron chi connectivity index (χ3n) is 3.81. The molecule has 0 bridgehead atoms. The van der Waals surface area contributed by atoms with Gasteiger partial charge in [0.1, 0.15) is 5.01 Å². The monoisotopic (exact) mass is 363 g/mol. The van der Waals surface area contributed by atoms with Gasteiger partial charge in [0.25, 0.3) is 0 Å². The predicted molar refractivity (Wildman–Crippen MR) is 90.2 cm³/mol. The number of hydrogen-bond acceptors (Lipinski definition) is 4. The van der Waals surface area contributed by atoms with Gasteiger partial charge in [-0.3, -0.25) is 9.89 Å². The van der Waals surface area contributed by atoms with E-state index in [2.05, 4.69) is 39.4 Å². The minimum Gasteiger partial charge on any atom is -0.355 e. The molecule has 2 N–H and O–H groups in total. The fraction of sp³-hybridized carbons (Fsp3) is 0.733. The number of rotatable bonds is 7. The summed E-state index contributed by atoms with van der Waals surface area (Å²) in [5.41, 5.74) is -0.843. The maximum absolute atomic E-state index is 12.5. The van der Waals surface area contributed by atoms with Gasteiger partial charge < -0.3 is 10.6 Å². The zero-order chi connectivity index (χ0) is 17.7. The molecule has 0 unspecified atom stereocenters. The minimum absolute atomic E-state index is 0.219. The molecule has 0 aliphatic heterocycles. The predicted octanol–water partition coefficient (Wildman–Crippen LogP) is 2.70. The summed E-state index contributed by atoms with van der Waals surface area (Å²) in [4.78, 5) is 10.1. The Bertz CT molecular complexity index is 550. The van der Waals surface area contributed by atoms with Crippen molar-refractivity contribution in [3.8, 4) is 0 Å². The summed E-state index contributed by atoms with van der Waals surface area (Å²) >= 11 is 0.989. The van der Waals surface area contributed by atoms with E-state index in [-0.39, 0.29) is 6.54 Å². The molecular formula is C15H24F3N5S. The molecule has 0 aromatic carbocycles. The Morgan fingerprint density at radius 1 is 1.42 bits per heavy atom. The highest BCUT2D eigenvalue weighted by molar-refractivity contribution is 7.09. The second-order valence-corrected chi connectivity index (χ2v) is 6.98. The van der Waals surface area contributed by atoms with Crippen molar-refractivity contribution in [2.45, 2.75) is 51.5 Å².